The Bertz CT molecular complexity index is 893. The van der Waals surface area contributed by atoms with Crippen molar-refractivity contribution in [3.05, 3.63) is 18.2 Å². The maximum Gasteiger partial charge on any atom is 0.243 e. The van der Waals surface area contributed by atoms with Crippen LogP contribution in [-0.4, -0.2) is 58.2 Å². The molecule has 1 atom stereocenters. The van der Waals surface area contributed by atoms with E-state index in [2.05, 4.69) is 10.6 Å². The smallest absolute Gasteiger partial charge is 0.243 e. The van der Waals surface area contributed by atoms with Crippen LogP contribution < -0.4 is 10.6 Å². The van der Waals surface area contributed by atoms with Crippen LogP contribution in [-0.2, 0) is 24.7 Å². The zero-order chi connectivity index (χ0) is 20.2. The summed E-state index contributed by atoms with van der Waals surface area (Å²) in [5.74, 6) is -1.20. The molecule has 0 unspecified atom stereocenters. The number of amides is 1. The van der Waals surface area contributed by atoms with Gasteiger partial charge in [0.2, 0.25) is 15.9 Å². The van der Waals surface area contributed by atoms with Gasteiger partial charge in [-0.1, -0.05) is 13.8 Å². The van der Waals surface area contributed by atoms with E-state index < -0.39 is 31.7 Å². The van der Waals surface area contributed by atoms with Crippen molar-refractivity contribution in [2.24, 2.45) is 5.92 Å². The van der Waals surface area contributed by atoms with Crippen LogP contribution in [0.1, 0.15) is 27.2 Å². The zero-order valence-electron chi connectivity index (χ0n) is 15.9. The Hall–Kier alpha value is -1.65. The monoisotopic (exact) mass is 417 g/mol. The van der Waals surface area contributed by atoms with Gasteiger partial charge in [-0.25, -0.2) is 16.8 Å². The highest BCUT2D eigenvalue weighted by molar-refractivity contribution is 7.91. The lowest BCUT2D eigenvalue weighted by atomic mass is 10.1. The summed E-state index contributed by atoms with van der Waals surface area (Å²) in [6.07, 6.45) is 0.280. The van der Waals surface area contributed by atoms with Crippen LogP contribution in [0.5, 0.6) is 0 Å². The number of carbonyl (C=O) groups is 1. The second-order valence-corrected chi connectivity index (χ2v) is 10.6. The minimum atomic E-state index is -3.67. The van der Waals surface area contributed by atoms with Crippen molar-refractivity contribution in [1.82, 2.24) is 4.31 Å². The molecule has 10 heteroatoms. The highest BCUT2D eigenvalue weighted by Gasteiger charge is 2.33. The lowest BCUT2D eigenvalue weighted by molar-refractivity contribution is -0.119. The Morgan fingerprint density at radius 3 is 2.37 bits per heavy atom. The molecule has 1 aliphatic rings. The molecule has 1 heterocycles. The highest BCUT2D eigenvalue weighted by atomic mass is 32.2. The fourth-order valence-corrected chi connectivity index (χ4v) is 6.31. The number of rotatable bonds is 8. The first-order valence-electron chi connectivity index (χ1n) is 9.04. The normalized spacial score (nSPS) is 19.2. The van der Waals surface area contributed by atoms with Gasteiger partial charge < -0.3 is 10.6 Å². The molecule has 0 spiro atoms. The van der Waals surface area contributed by atoms with Gasteiger partial charge in [-0.2, -0.15) is 4.31 Å². The Labute approximate surface area is 161 Å². The Balaban J connectivity index is 2.34. The third kappa shape index (κ3) is 4.99. The van der Waals surface area contributed by atoms with E-state index in [0.29, 0.717) is 31.0 Å². The number of anilines is 2. The van der Waals surface area contributed by atoms with Crippen LogP contribution in [0, 0.1) is 5.92 Å². The van der Waals surface area contributed by atoms with Gasteiger partial charge >= 0.3 is 0 Å². The Morgan fingerprint density at radius 1 is 1.19 bits per heavy atom. The third-order valence-corrected chi connectivity index (χ3v) is 8.38. The molecule has 152 valence electrons. The average molecular weight is 418 g/mol. The number of nitrogens with zero attached hydrogens (tertiary/aromatic N) is 1. The highest BCUT2D eigenvalue weighted by Crippen LogP contribution is 2.29. The maximum absolute atomic E-state index is 12.8. The molecular formula is C17H27N3O5S2. The van der Waals surface area contributed by atoms with Gasteiger partial charge in [-0.15, -0.1) is 0 Å². The summed E-state index contributed by atoms with van der Waals surface area (Å²) in [6.45, 7) is 6.68. The first-order valence-corrected chi connectivity index (χ1v) is 12.3. The van der Waals surface area contributed by atoms with Crippen molar-refractivity contribution in [2.75, 3.05) is 41.8 Å². The molecule has 1 amide bonds. The minimum absolute atomic E-state index is 0.00152. The number of hydrogen-bond acceptors (Lipinski definition) is 6. The van der Waals surface area contributed by atoms with Crippen molar-refractivity contribution in [3.63, 3.8) is 0 Å². The molecule has 0 bridgehead atoms. The minimum Gasteiger partial charge on any atom is -0.384 e. The molecule has 1 aromatic rings. The molecule has 8 nitrogen and oxygen atoms in total. The maximum atomic E-state index is 12.8. The third-order valence-electron chi connectivity index (χ3n) is 4.56. The summed E-state index contributed by atoms with van der Waals surface area (Å²) in [5.41, 5.74) is 0.921. The fraction of sp³-hybridized carbons (Fsp3) is 0.588. The molecule has 0 aliphatic carbocycles. The van der Waals surface area contributed by atoms with E-state index in [-0.39, 0.29) is 22.8 Å². The summed E-state index contributed by atoms with van der Waals surface area (Å²) in [4.78, 5) is 12.6. The lowest BCUT2D eigenvalue weighted by Crippen LogP contribution is -2.31. The zero-order valence-corrected chi connectivity index (χ0v) is 17.5. The summed E-state index contributed by atoms with van der Waals surface area (Å²) < 4.78 is 50.1. The van der Waals surface area contributed by atoms with E-state index in [1.807, 2.05) is 6.92 Å². The average Bonchev–Trinajstić information content (AvgIpc) is 2.97. The number of hydrogen-bond donors (Lipinski definition) is 2. The lowest BCUT2D eigenvalue weighted by Gasteiger charge is -2.20. The molecule has 1 saturated heterocycles. The van der Waals surface area contributed by atoms with Crippen LogP contribution >= 0.6 is 0 Å². The summed E-state index contributed by atoms with van der Waals surface area (Å²) in [7, 11) is -6.85. The number of benzene rings is 1. The van der Waals surface area contributed by atoms with Gasteiger partial charge in [0.25, 0.3) is 0 Å². The largest absolute Gasteiger partial charge is 0.384 e. The predicted octanol–water partition coefficient (Wildman–Crippen LogP) is 1.52. The van der Waals surface area contributed by atoms with E-state index >= 15 is 0 Å². The summed E-state index contributed by atoms with van der Waals surface area (Å²) in [5, 5.41) is 5.80. The summed E-state index contributed by atoms with van der Waals surface area (Å²) >= 11 is 0. The van der Waals surface area contributed by atoms with Crippen molar-refractivity contribution < 1.29 is 21.6 Å². The number of carbonyl (C=O) groups excluding carboxylic acids is 1. The molecule has 1 aliphatic heterocycles. The molecule has 0 saturated carbocycles. The van der Waals surface area contributed by atoms with Crippen LogP contribution in [0.15, 0.2) is 23.1 Å². The van der Waals surface area contributed by atoms with Crippen LogP contribution in [0.25, 0.3) is 0 Å². The van der Waals surface area contributed by atoms with Gasteiger partial charge in [0.15, 0.2) is 9.84 Å². The first-order chi connectivity index (χ1) is 12.6. The summed E-state index contributed by atoms with van der Waals surface area (Å²) in [6, 6.07) is 4.54. The number of sulfonamides is 1. The SMILES string of the molecule is CCNc1ccc(S(=O)(=O)N(CC)CC)cc1NC(=O)[C@@H]1CCS(=O)(=O)C1. The predicted molar refractivity (Wildman–Crippen MR) is 106 cm³/mol. The molecule has 1 aromatic carbocycles. The van der Waals surface area contributed by atoms with Crippen molar-refractivity contribution in [3.8, 4) is 0 Å². The van der Waals surface area contributed by atoms with Gasteiger partial charge in [-0.3, -0.25) is 4.79 Å². The molecule has 27 heavy (non-hydrogen) atoms. The van der Waals surface area contributed by atoms with E-state index in [0.717, 1.165) is 0 Å². The molecule has 2 rings (SSSR count). The van der Waals surface area contributed by atoms with Crippen molar-refractivity contribution in [2.45, 2.75) is 32.1 Å². The number of nitrogens with one attached hydrogen (secondary N) is 2. The molecule has 0 radical (unpaired) electrons. The molecule has 0 aromatic heterocycles. The Morgan fingerprint density at radius 2 is 1.85 bits per heavy atom. The Kier molecular flexibility index (Phi) is 6.87. The van der Waals surface area contributed by atoms with Gasteiger partial charge in [0.1, 0.15) is 0 Å². The van der Waals surface area contributed by atoms with Gasteiger partial charge in [-0.05, 0) is 31.5 Å². The van der Waals surface area contributed by atoms with Gasteiger partial charge in [0, 0.05) is 19.6 Å². The quantitative estimate of drug-likeness (QED) is 0.663. The standard InChI is InChI=1S/C17H27N3O5S2/c1-4-18-15-8-7-14(27(24,25)20(5-2)6-3)11-16(15)19-17(21)13-9-10-26(22,23)12-13/h7-8,11,13,18H,4-6,9-10,12H2,1-3H3,(H,19,21)/t13-/m1/s1. The van der Waals surface area contributed by atoms with Crippen LogP contribution in [0.2, 0.25) is 0 Å². The van der Waals surface area contributed by atoms with Gasteiger partial charge in [0.05, 0.1) is 33.7 Å². The molecular weight excluding hydrogens is 390 g/mol. The van der Waals surface area contributed by atoms with Crippen molar-refractivity contribution >= 4 is 37.1 Å². The van der Waals surface area contributed by atoms with Crippen molar-refractivity contribution in [1.29, 1.82) is 0 Å². The fourth-order valence-electron chi connectivity index (χ4n) is 3.08. The van der Waals surface area contributed by atoms with E-state index in [9.17, 15) is 21.6 Å². The van der Waals surface area contributed by atoms with Crippen LogP contribution in [0.4, 0.5) is 11.4 Å². The van der Waals surface area contributed by atoms with E-state index in [1.54, 1.807) is 19.9 Å². The van der Waals surface area contributed by atoms with E-state index in [4.69, 9.17) is 0 Å². The first kappa shape index (κ1) is 21.6. The van der Waals surface area contributed by atoms with Crippen LogP contribution in [0.3, 0.4) is 0 Å². The van der Waals surface area contributed by atoms with E-state index in [1.165, 1.54) is 16.4 Å². The molecule has 1 fully saturated rings. The second kappa shape index (κ2) is 8.57. The number of sulfone groups is 1. The second-order valence-electron chi connectivity index (χ2n) is 6.42. The molecule has 2 N–H and O–H groups in total. The topological polar surface area (TPSA) is 113 Å².